The third-order valence-corrected chi connectivity index (χ3v) is 4.74. The van der Waals surface area contributed by atoms with E-state index in [1.165, 1.54) is 11.6 Å². The lowest BCUT2D eigenvalue weighted by atomic mass is 10.2. The molecule has 0 saturated carbocycles. The van der Waals surface area contributed by atoms with Crippen LogP contribution in [0.4, 0.5) is 5.95 Å². The summed E-state index contributed by atoms with van der Waals surface area (Å²) < 4.78 is 4.32. The monoisotopic (exact) mass is 390 g/mol. The van der Waals surface area contributed by atoms with Crippen molar-refractivity contribution in [2.45, 2.75) is 13.0 Å². The predicted molar refractivity (Wildman–Crippen MR) is 108 cm³/mol. The Balaban J connectivity index is 2.12. The standard InChI is InChI=1S/C18H23ClN6O2/c1-20-9-4-10-21-17-22-15-14(16(26)24(3)18(27)23(15)2)25(17)11-12-5-7-13(19)8-6-12/h5-8,20H,4,9-11H2,1-3H3,(H,21,22). The van der Waals surface area contributed by atoms with Gasteiger partial charge in [0.1, 0.15) is 0 Å². The minimum atomic E-state index is -0.398. The van der Waals surface area contributed by atoms with Crippen LogP contribution in [0.5, 0.6) is 0 Å². The van der Waals surface area contributed by atoms with Crippen molar-refractivity contribution in [1.29, 1.82) is 0 Å². The van der Waals surface area contributed by atoms with Gasteiger partial charge in [-0.1, -0.05) is 23.7 Å². The van der Waals surface area contributed by atoms with Crippen LogP contribution >= 0.6 is 11.6 Å². The van der Waals surface area contributed by atoms with E-state index in [1.54, 1.807) is 7.05 Å². The number of halogens is 1. The molecule has 1 aromatic carbocycles. The van der Waals surface area contributed by atoms with Gasteiger partial charge in [-0.3, -0.25) is 18.5 Å². The lowest BCUT2D eigenvalue weighted by Gasteiger charge is -2.11. The maximum atomic E-state index is 12.8. The van der Waals surface area contributed by atoms with Crippen molar-refractivity contribution in [3.8, 4) is 0 Å². The number of nitrogens with one attached hydrogen (secondary N) is 2. The largest absolute Gasteiger partial charge is 0.356 e. The molecule has 3 rings (SSSR count). The smallest absolute Gasteiger partial charge is 0.332 e. The highest BCUT2D eigenvalue weighted by molar-refractivity contribution is 6.30. The average molecular weight is 391 g/mol. The quantitative estimate of drug-likeness (QED) is 0.591. The van der Waals surface area contributed by atoms with Crippen molar-refractivity contribution in [1.82, 2.24) is 24.0 Å². The Bertz CT molecular complexity index is 1060. The molecule has 0 aliphatic rings. The summed E-state index contributed by atoms with van der Waals surface area (Å²) in [4.78, 5) is 29.6. The number of hydrogen-bond donors (Lipinski definition) is 2. The van der Waals surface area contributed by atoms with Crippen LogP contribution in [0, 0.1) is 0 Å². The maximum Gasteiger partial charge on any atom is 0.332 e. The van der Waals surface area contributed by atoms with Gasteiger partial charge in [0, 0.05) is 25.7 Å². The first-order valence-corrected chi connectivity index (χ1v) is 9.11. The fourth-order valence-corrected chi connectivity index (χ4v) is 3.10. The number of nitrogens with zero attached hydrogens (tertiary/aromatic N) is 4. The first kappa shape index (κ1) is 19.2. The first-order valence-electron chi connectivity index (χ1n) is 8.73. The first-order chi connectivity index (χ1) is 12.9. The fraction of sp³-hybridized carbons (Fsp3) is 0.389. The molecule has 0 aliphatic heterocycles. The molecule has 0 atom stereocenters. The van der Waals surface area contributed by atoms with E-state index in [0.29, 0.717) is 35.2 Å². The molecule has 0 radical (unpaired) electrons. The van der Waals surface area contributed by atoms with Crippen molar-refractivity contribution in [3.63, 3.8) is 0 Å². The summed E-state index contributed by atoms with van der Waals surface area (Å²) in [5, 5.41) is 7.03. The van der Waals surface area contributed by atoms with E-state index in [1.807, 2.05) is 35.9 Å². The Morgan fingerprint density at radius 2 is 1.78 bits per heavy atom. The van der Waals surface area contributed by atoms with Crippen LogP contribution in [0.2, 0.25) is 5.02 Å². The van der Waals surface area contributed by atoms with Crippen LogP contribution < -0.4 is 21.9 Å². The van der Waals surface area contributed by atoms with Gasteiger partial charge < -0.3 is 10.6 Å². The van der Waals surface area contributed by atoms with E-state index in [0.717, 1.165) is 23.1 Å². The predicted octanol–water partition coefficient (Wildman–Crippen LogP) is 1.16. The Morgan fingerprint density at radius 3 is 2.44 bits per heavy atom. The molecule has 3 aromatic rings. The number of fused-ring (bicyclic) bond motifs is 1. The Morgan fingerprint density at radius 1 is 1.07 bits per heavy atom. The number of aryl methyl sites for hydroxylation is 1. The SMILES string of the molecule is CNCCCNc1nc2c(c(=O)n(C)c(=O)n2C)n1Cc1ccc(Cl)cc1. The number of aromatic nitrogens is 4. The summed E-state index contributed by atoms with van der Waals surface area (Å²) >= 11 is 5.97. The normalized spacial score (nSPS) is 11.3. The molecular formula is C18H23ClN6O2. The molecule has 2 heterocycles. The summed E-state index contributed by atoms with van der Waals surface area (Å²) in [6, 6.07) is 7.44. The summed E-state index contributed by atoms with van der Waals surface area (Å²) in [5.74, 6) is 0.564. The van der Waals surface area contributed by atoms with E-state index in [9.17, 15) is 9.59 Å². The van der Waals surface area contributed by atoms with Crippen molar-refractivity contribution in [3.05, 3.63) is 55.7 Å². The summed E-state index contributed by atoms with van der Waals surface area (Å²) in [6.07, 6.45) is 0.900. The van der Waals surface area contributed by atoms with Crippen LogP contribution in [0.1, 0.15) is 12.0 Å². The Hall–Kier alpha value is -2.58. The van der Waals surface area contributed by atoms with Gasteiger partial charge in [-0.05, 0) is 37.7 Å². The summed E-state index contributed by atoms with van der Waals surface area (Å²) in [5.41, 5.74) is 0.981. The van der Waals surface area contributed by atoms with Crippen LogP contribution in [0.25, 0.3) is 11.2 Å². The van der Waals surface area contributed by atoms with Gasteiger partial charge in [0.25, 0.3) is 5.56 Å². The van der Waals surface area contributed by atoms with Gasteiger partial charge in [-0.25, -0.2) is 4.79 Å². The number of benzene rings is 1. The zero-order valence-corrected chi connectivity index (χ0v) is 16.4. The third-order valence-electron chi connectivity index (χ3n) is 4.49. The van der Waals surface area contributed by atoms with Gasteiger partial charge in [0.2, 0.25) is 5.95 Å². The molecule has 2 aromatic heterocycles. The highest BCUT2D eigenvalue weighted by atomic mass is 35.5. The molecule has 0 amide bonds. The van der Waals surface area contributed by atoms with E-state index >= 15 is 0 Å². The van der Waals surface area contributed by atoms with Gasteiger partial charge in [-0.15, -0.1) is 0 Å². The molecule has 0 fully saturated rings. The maximum absolute atomic E-state index is 12.8. The zero-order valence-electron chi connectivity index (χ0n) is 15.6. The van der Waals surface area contributed by atoms with Gasteiger partial charge >= 0.3 is 5.69 Å². The van der Waals surface area contributed by atoms with Crippen molar-refractivity contribution >= 4 is 28.7 Å². The highest BCUT2D eigenvalue weighted by Gasteiger charge is 2.19. The second kappa shape index (κ2) is 7.98. The van der Waals surface area contributed by atoms with Crippen LogP contribution in [0.3, 0.4) is 0 Å². The number of imidazole rings is 1. The van der Waals surface area contributed by atoms with Crippen LogP contribution in [-0.2, 0) is 20.6 Å². The van der Waals surface area contributed by atoms with E-state index in [2.05, 4.69) is 15.6 Å². The molecule has 0 saturated heterocycles. The summed E-state index contributed by atoms with van der Waals surface area (Å²) in [6.45, 7) is 2.00. The highest BCUT2D eigenvalue weighted by Crippen LogP contribution is 2.19. The van der Waals surface area contributed by atoms with Crippen molar-refractivity contribution in [2.75, 3.05) is 25.5 Å². The minimum absolute atomic E-state index is 0.363. The molecule has 2 N–H and O–H groups in total. The Kier molecular flexibility index (Phi) is 5.67. The number of rotatable bonds is 7. The number of anilines is 1. The van der Waals surface area contributed by atoms with Gasteiger partial charge in [0.15, 0.2) is 11.2 Å². The van der Waals surface area contributed by atoms with Crippen LogP contribution in [0.15, 0.2) is 33.9 Å². The molecule has 0 spiro atoms. The lowest BCUT2D eigenvalue weighted by Crippen LogP contribution is -2.37. The third kappa shape index (κ3) is 3.77. The van der Waals surface area contributed by atoms with Crippen LogP contribution in [-0.4, -0.2) is 38.8 Å². The second-order valence-corrected chi connectivity index (χ2v) is 6.85. The molecular weight excluding hydrogens is 368 g/mol. The molecule has 9 heteroatoms. The molecule has 0 aliphatic carbocycles. The minimum Gasteiger partial charge on any atom is -0.356 e. The van der Waals surface area contributed by atoms with Gasteiger partial charge in [-0.2, -0.15) is 4.98 Å². The van der Waals surface area contributed by atoms with E-state index in [4.69, 9.17) is 11.6 Å². The summed E-state index contributed by atoms with van der Waals surface area (Å²) in [7, 11) is 4.99. The second-order valence-electron chi connectivity index (χ2n) is 6.41. The molecule has 144 valence electrons. The topological polar surface area (TPSA) is 85.9 Å². The molecule has 0 unspecified atom stereocenters. The van der Waals surface area contributed by atoms with E-state index < -0.39 is 5.69 Å². The number of hydrogen-bond acceptors (Lipinski definition) is 5. The van der Waals surface area contributed by atoms with Crippen molar-refractivity contribution < 1.29 is 0 Å². The fourth-order valence-electron chi connectivity index (χ4n) is 2.97. The molecule has 0 bridgehead atoms. The van der Waals surface area contributed by atoms with Crippen molar-refractivity contribution in [2.24, 2.45) is 14.1 Å². The molecule has 8 nitrogen and oxygen atoms in total. The van der Waals surface area contributed by atoms with Gasteiger partial charge in [0.05, 0.1) is 6.54 Å². The molecule has 27 heavy (non-hydrogen) atoms. The zero-order chi connectivity index (χ0) is 19.6. The Labute approximate surface area is 161 Å². The average Bonchev–Trinajstić information content (AvgIpc) is 3.02. The van der Waals surface area contributed by atoms with E-state index in [-0.39, 0.29) is 5.56 Å². The lowest BCUT2D eigenvalue weighted by molar-refractivity contribution is 0.702.